The third kappa shape index (κ3) is 3.13. The van der Waals surface area contributed by atoms with Gasteiger partial charge in [-0.05, 0) is 56.4 Å². The lowest BCUT2D eigenvalue weighted by Gasteiger charge is -2.28. The van der Waals surface area contributed by atoms with Crippen molar-refractivity contribution in [2.24, 2.45) is 0 Å². The Balaban J connectivity index is 1.92. The maximum Gasteiger partial charge on any atom is 0.241 e. The number of nitrogens with zero attached hydrogens (tertiary/aromatic N) is 1. The van der Waals surface area contributed by atoms with Crippen molar-refractivity contribution < 1.29 is 16.8 Å². The topological polar surface area (TPSA) is 83.6 Å². The van der Waals surface area contributed by atoms with Crippen LogP contribution < -0.4 is 9.03 Å². The Labute approximate surface area is 131 Å². The van der Waals surface area contributed by atoms with Gasteiger partial charge in [0.2, 0.25) is 20.0 Å². The predicted octanol–water partition coefficient (Wildman–Crippen LogP) is 1.37. The summed E-state index contributed by atoms with van der Waals surface area (Å²) in [5, 5.41) is 0. The van der Waals surface area contributed by atoms with E-state index < -0.39 is 20.0 Å². The highest BCUT2D eigenvalue weighted by Gasteiger charge is 2.30. The first-order valence-corrected chi connectivity index (χ1v) is 10.5. The van der Waals surface area contributed by atoms with E-state index in [1.807, 2.05) is 0 Å². The maximum atomic E-state index is 12.3. The average molecular weight is 344 g/mol. The summed E-state index contributed by atoms with van der Waals surface area (Å²) in [5.74, 6) is 0.148. The van der Waals surface area contributed by atoms with E-state index in [0.29, 0.717) is 24.2 Å². The van der Waals surface area contributed by atoms with Crippen molar-refractivity contribution in [1.82, 2.24) is 4.72 Å². The molecule has 0 amide bonds. The zero-order valence-corrected chi connectivity index (χ0v) is 14.1. The summed E-state index contributed by atoms with van der Waals surface area (Å²) in [6.07, 6.45) is 3.25. The fourth-order valence-electron chi connectivity index (χ4n) is 2.65. The Bertz CT molecular complexity index is 783. The molecule has 122 valence electrons. The molecule has 0 radical (unpaired) electrons. The van der Waals surface area contributed by atoms with Gasteiger partial charge in [0.25, 0.3) is 0 Å². The molecule has 2 aliphatic rings. The summed E-state index contributed by atoms with van der Waals surface area (Å²) < 4.78 is 52.8. The molecule has 6 nitrogen and oxygen atoms in total. The number of hydrogen-bond acceptors (Lipinski definition) is 4. The molecule has 8 heteroatoms. The molecule has 0 aromatic heterocycles. The highest BCUT2D eigenvalue weighted by atomic mass is 32.2. The zero-order valence-electron chi connectivity index (χ0n) is 12.4. The number of rotatable bonds is 4. The lowest BCUT2D eigenvalue weighted by Crippen LogP contribution is -2.38. The third-order valence-corrected chi connectivity index (χ3v) is 7.53. The molecule has 1 aromatic rings. The number of anilines is 1. The first-order chi connectivity index (χ1) is 10.3. The van der Waals surface area contributed by atoms with E-state index in [1.165, 1.54) is 10.4 Å². The summed E-state index contributed by atoms with van der Waals surface area (Å²) in [4.78, 5) is 0.220. The Kier molecular flexibility index (Phi) is 3.94. The first kappa shape index (κ1) is 15.8. The number of nitrogens with one attached hydrogen (secondary N) is 1. The molecule has 1 heterocycles. The standard InChI is InChI=1S/C14H20N2O4S2/c1-11-10-13(16-8-2-3-9-21(16,17)18)6-7-14(11)22(19,20)15-12-4-5-12/h6-7,10,12,15H,2-5,8-9H2,1H3. The van der Waals surface area contributed by atoms with E-state index >= 15 is 0 Å². The van der Waals surface area contributed by atoms with E-state index in [0.717, 1.165) is 19.3 Å². The third-order valence-electron chi connectivity index (χ3n) is 3.98. The molecule has 1 saturated heterocycles. The van der Waals surface area contributed by atoms with Crippen LogP contribution >= 0.6 is 0 Å². The van der Waals surface area contributed by atoms with Gasteiger partial charge in [-0.3, -0.25) is 4.31 Å². The molecule has 0 atom stereocenters. The van der Waals surface area contributed by atoms with Crippen molar-refractivity contribution in [2.75, 3.05) is 16.6 Å². The van der Waals surface area contributed by atoms with Crippen molar-refractivity contribution in [1.29, 1.82) is 0 Å². The van der Waals surface area contributed by atoms with Gasteiger partial charge in [0.1, 0.15) is 0 Å². The van der Waals surface area contributed by atoms with E-state index in [-0.39, 0.29) is 16.7 Å². The molecule has 0 unspecified atom stereocenters. The van der Waals surface area contributed by atoms with Gasteiger partial charge in [-0.2, -0.15) is 0 Å². The summed E-state index contributed by atoms with van der Waals surface area (Å²) in [7, 11) is -6.80. The molecule has 22 heavy (non-hydrogen) atoms. The summed E-state index contributed by atoms with van der Waals surface area (Å²) in [5.41, 5.74) is 1.11. The van der Waals surface area contributed by atoms with Crippen LogP contribution in [0.3, 0.4) is 0 Å². The molecule has 2 fully saturated rings. The molecule has 1 aromatic carbocycles. The number of benzene rings is 1. The molecule has 1 aliphatic carbocycles. The maximum absolute atomic E-state index is 12.3. The molecule has 1 aliphatic heterocycles. The van der Waals surface area contributed by atoms with Crippen LogP contribution in [0.2, 0.25) is 0 Å². The highest BCUT2D eigenvalue weighted by molar-refractivity contribution is 7.92. The van der Waals surface area contributed by atoms with Gasteiger partial charge in [0, 0.05) is 12.6 Å². The molecule has 3 rings (SSSR count). The second-order valence-electron chi connectivity index (χ2n) is 5.94. The van der Waals surface area contributed by atoms with E-state index in [4.69, 9.17) is 0 Å². The Morgan fingerprint density at radius 2 is 1.95 bits per heavy atom. The number of hydrogen-bond donors (Lipinski definition) is 1. The first-order valence-electron chi connectivity index (χ1n) is 7.43. The minimum atomic E-state index is -3.52. The van der Waals surface area contributed by atoms with Crippen LogP contribution in [0.1, 0.15) is 31.2 Å². The van der Waals surface area contributed by atoms with Crippen molar-refractivity contribution >= 4 is 25.7 Å². The summed E-state index contributed by atoms with van der Waals surface area (Å²) >= 11 is 0. The summed E-state index contributed by atoms with van der Waals surface area (Å²) in [6, 6.07) is 4.77. The zero-order chi connectivity index (χ0) is 16.0. The van der Waals surface area contributed by atoms with Crippen LogP contribution in [0.15, 0.2) is 23.1 Å². The fourth-order valence-corrected chi connectivity index (χ4v) is 5.82. The number of sulfonamides is 2. The van der Waals surface area contributed by atoms with Gasteiger partial charge < -0.3 is 0 Å². The molecular formula is C14H20N2O4S2. The van der Waals surface area contributed by atoms with Gasteiger partial charge in [0.15, 0.2) is 0 Å². The second-order valence-corrected chi connectivity index (χ2v) is 9.64. The van der Waals surface area contributed by atoms with E-state index in [2.05, 4.69) is 4.72 Å². The average Bonchev–Trinajstić information content (AvgIpc) is 3.21. The normalized spacial score (nSPS) is 21.8. The van der Waals surface area contributed by atoms with Crippen LogP contribution in [0.5, 0.6) is 0 Å². The van der Waals surface area contributed by atoms with E-state index in [1.54, 1.807) is 19.1 Å². The predicted molar refractivity (Wildman–Crippen MR) is 84.9 cm³/mol. The SMILES string of the molecule is Cc1cc(N2CCCCS2(=O)=O)ccc1S(=O)(=O)NC1CC1. The molecule has 0 bridgehead atoms. The Morgan fingerprint density at radius 1 is 1.23 bits per heavy atom. The number of aryl methyl sites for hydroxylation is 1. The van der Waals surface area contributed by atoms with Crippen LogP contribution in [0, 0.1) is 6.92 Å². The van der Waals surface area contributed by atoms with E-state index in [9.17, 15) is 16.8 Å². The molecule has 1 saturated carbocycles. The highest BCUT2D eigenvalue weighted by Crippen LogP contribution is 2.28. The van der Waals surface area contributed by atoms with Gasteiger partial charge in [-0.25, -0.2) is 21.6 Å². The van der Waals surface area contributed by atoms with Crippen LogP contribution in [-0.4, -0.2) is 35.2 Å². The van der Waals surface area contributed by atoms with Gasteiger partial charge in [0.05, 0.1) is 16.3 Å². The van der Waals surface area contributed by atoms with Crippen LogP contribution in [0.25, 0.3) is 0 Å². The van der Waals surface area contributed by atoms with Crippen molar-refractivity contribution in [2.45, 2.75) is 43.5 Å². The fraction of sp³-hybridized carbons (Fsp3) is 0.571. The van der Waals surface area contributed by atoms with Gasteiger partial charge in [-0.15, -0.1) is 0 Å². The van der Waals surface area contributed by atoms with Crippen LogP contribution in [-0.2, 0) is 20.0 Å². The molecule has 0 spiro atoms. The Hall–Kier alpha value is -1.12. The minimum Gasteiger partial charge on any atom is -0.270 e. The monoisotopic (exact) mass is 344 g/mol. The largest absolute Gasteiger partial charge is 0.270 e. The van der Waals surface area contributed by atoms with Crippen molar-refractivity contribution in [3.63, 3.8) is 0 Å². The smallest absolute Gasteiger partial charge is 0.241 e. The lowest BCUT2D eigenvalue weighted by molar-refractivity contribution is 0.574. The molecule has 1 N–H and O–H groups in total. The summed E-state index contributed by atoms with van der Waals surface area (Å²) in [6.45, 7) is 2.15. The Morgan fingerprint density at radius 3 is 2.55 bits per heavy atom. The van der Waals surface area contributed by atoms with Gasteiger partial charge >= 0.3 is 0 Å². The quantitative estimate of drug-likeness (QED) is 0.894. The lowest BCUT2D eigenvalue weighted by atomic mass is 10.2. The molecular weight excluding hydrogens is 324 g/mol. The minimum absolute atomic E-state index is 0.0477. The van der Waals surface area contributed by atoms with Crippen molar-refractivity contribution in [3.05, 3.63) is 23.8 Å². The van der Waals surface area contributed by atoms with Gasteiger partial charge in [-0.1, -0.05) is 0 Å². The van der Waals surface area contributed by atoms with Crippen LogP contribution in [0.4, 0.5) is 5.69 Å². The van der Waals surface area contributed by atoms with Crippen molar-refractivity contribution in [3.8, 4) is 0 Å². The second kappa shape index (κ2) is 5.50.